The van der Waals surface area contributed by atoms with Gasteiger partial charge in [-0.25, -0.2) is 0 Å². The second-order valence-electron chi connectivity index (χ2n) is 4.26. The van der Waals surface area contributed by atoms with Gasteiger partial charge in [-0.2, -0.15) is 13.2 Å². The van der Waals surface area contributed by atoms with Crippen LogP contribution in [0.4, 0.5) is 18.9 Å². The van der Waals surface area contributed by atoms with Crippen molar-refractivity contribution < 1.29 is 18.0 Å². The van der Waals surface area contributed by atoms with Crippen molar-refractivity contribution in [3.63, 3.8) is 0 Å². The summed E-state index contributed by atoms with van der Waals surface area (Å²) in [5.41, 5.74) is -1.04. The molecule has 0 saturated heterocycles. The number of anilines is 1. The van der Waals surface area contributed by atoms with Crippen LogP contribution < -0.4 is 10.6 Å². The number of halogens is 3. The summed E-state index contributed by atoms with van der Waals surface area (Å²) >= 11 is 0. The van der Waals surface area contributed by atoms with Gasteiger partial charge < -0.3 is 10.6 Å². The van der Waals surface area contributed by atoms with Gasteiger partial charge in [0, 0.05) is 13.1 Å². The molecule has 1 atom stereocenters. The standard InChI is InChI=1S/C13H17F3N2O/c1-4-8(2)18-12(19)9-6-5-7-10(11(9)17-3)13(14,15)16/h5-8,17H,4H2,1-3H3,(H,18,19). The molecule has 0 bridgehead atoms. The van der Waals surface area contributed by atoms with Crippen LogP contribution >= 0.6 is 0 Å². The van der Waals surface area contributed by atoms with E-state index in [2.05, 4.69) is 10.6 Å². The molecule has 0 fully saturated rings. The van der Waals surface area contributed by atoms with Gasteiger partial charge in [-0.1, -0.05) is 13.0 Å². The summed E-state index contributed by atoms with van der Waals surface area (Å²) in [7, 11) is 1.37. The Morgan fingerprint density at radius 3 is 2.47 bits per heavy atom. The first-order valence-corrected chi connectivity index (χ1v) is 6.00. The lowest BCUT2D eigenvalue weighted by Crippen LogP contribution is -2.32. The highest BCUT2D eigenvalue weighted by Crippen LogP contribution is 2.36. The summed E-state index contributed by atoms with van der Waals surface area (Å²) in [4.78, 5) is 12.0. The molecule has 3 nitrogen and oxygen atoms in total. The van der Waals surface area contributed by atoms with E-state index < -0.39 is 17.6 Å². The number of alkyl halides is 3. The Balaban J connectivity index is 3.18. The molecule has 6 heteroatoms. The Morgan fingerprint density at radius 2 is 2.00 bits per heavy atom. The van der Waals surface area contributed by atoms with Gasteiger partial charge in [-0.05, 0) is 25.5 Å². The minimum absolute atomic E-state index is 0.00220. The number of benzene rings is 1. The lowest BCUT2D eigenvalue weighted by molar-refractivity contribution is -0.136. The summed E-state index contributed by atoms with van der Waals surface area (Å²) in [6.45, 7) is 3.68. The van der Waals surface area contributed by atoms with Gasteiger partial charge in [0.2, 0.25) is 0 Å². The maximum atomic E-state index is 12.8. The Hall–Kier alpha value is -1.72. The molecule has 0 heterocycles. The largest absolute Gasteiger partial charge is 0.418 e. The fourth-order valence-electron chi connectivity index (χ4n) is 1.65. The molecule has 0 spiro atoms. The molecule has 1 aromatic carbocycles. The third-order valence-corrected chi connectivity index (χ3v) is 2.85. The predicted molar refractivity (Wildman–Crippen MR) is 68.2 cm³/mol. The molecule has 106 valence electrons. The third kappa shape index (κ3) is 3.62. The molecular formula is C13H17F3N2O. The van der Waals surface area contributed by atoms with E-state index in [1.807, 2.05) is 6.92 Å². The van der Waals surface area contributed by atoms with E-state index in [0.29, 0.717) is 6.42 Å². The van der Waals surface area contributed by atoms with Gasteiger partial charge in [0.15, 0.2) is 0 Å². The summed E-state index contributed by atoms with van der Waals surface area (Å²) in [6.07, 6.45) is -3.79. The lowest BCUT2D eigenvalue weighted by Gasteiger charge is -2.17. The first kappa shape index (κ1) is 15.3. The maximum Gasteiger partial charge on any atom is 0.418 e. The fourth-order valence-corrected chi connectivity index (χ4v) is 1.65. The monoisotopic (exact) mass is 274 g/mol. The van der Waals surface area contributed by atoms with Crippen molar-refractivity contribution in [2.45, 2.75) is 32.5 Å². The molecule has 2 N–H and O–H groups in total. The Labute approximate surface area is 110 Å². The van der Waals surface area contributed by atoms with Crippen LogP contribution in [-0.2, 0) is 6.18 Å². The van der Waals surface area contributed by atoms with Crippen molar-refractivity contribution in [1.29, 1.82) is 0 Å². The maximum absolute atomic E-state index is 12.8. The zero-order valence-corrected chi connectivity index (χ0v) is 11.1. The van der Waals surface area contributed by atoms with Gasteiger partial charge in [-0.15, -0.1) is 0 Å². The predicted octanol–water partition coefficient (Wildman–Crippen LogP) is 3.28. The Morgan fingerprint density at radius 1 is 1.37 bits per heavy atom. The quantitative estimate of drug-likeness (QED) is 0.884. The third-order valence-electron chi connectivity index (χ3n) is 2.85. The van der Waals surface area contributed by atoms with Gasteiger partial charge in [-0.3, -0.25) is 4.79 Å². The molecule has 0 aliphatic carbocycles. The number of hydrogen-bond donors (Lipinski definition) is 2. The van der Waals surface area contributed by atoms with Crippen LogP contribution in [-0.4, -0.2) is 19.0 Å². The number of carbonyl (C=O) groups is 1. The van der Waals surface area contributed by atoms with E-state index in [-0.39, 0.29) is 17.3 Å². The molecule has 19 heavy (non-hydrogen) atoms. The van der Waals surface area contributed by atoms with E-state index in [9.17, 15) is 18.0 Å². The van der Waals surface area contributed by atoms with Gasteiger partial charge in [0.05, 0.1) is 16.8 Å². The average molecular weight is 274 g/mol. The molecule has 0 saturated carbocycles. The molecule has 0 aliphatic rings. The average Bonchev–Trinajstić information content (AvgIpc) is 2.36. The smallest absolute Gasteiger partial charge is 0.387 e. The van der Waals surface area contributed by atoms with Gasteiger partial charge in [0.1, 0.15) is 0 Å². The zero-order valence-electron chi connectivity index (χ0n) is 11.1. The zero-order chi connectivity index (χ0) is 14.6. The van der Waals surface area contributed by atoms with Crippen LogP contribution in [0.25, 0.3) is 0 Å². The minimum Gasteiger partial charge on any atom is -0.387 e. The summed E-state index contributed by atoms with van der Waals surface area (Å²) in [5, 5.41) is 5.12. The number of para-hydroxylation sites is 1. The molecule has 1 aromatic rings. The first-order valence-electron chi connectivity index (χ1n) is 6.00. The molecule has 0 radical (unpaired) electrons. The van der Waals surface area contributed by atoms with Crippen LogP contribution in [0.3, 0.4) is 0 Å². The SMILES string of the molecule is CCC(C)NC(=O)c1cccc(C(F)(F)F)c1NC. The molecule has 0 aliphatic heterocycles. The van der Waals surface area contributed by atoms with Crippen molar-refractivity contribution in [1.82, 2.24) is 5.32 Å². The van der Waals surface area contributed by atoms with Crippen molar-refractivity contribution in [2.75, 3.05) is 12.4 Å². The highest BCUT2D eigenvalue weighted by Gasteiger charge is 2.35. The highest BCUT2D eigenvalue weighted by atomic mass is 19.4. The number of amides is 1. The molecule has 1 amide bonds. The number of carbonyl (C=O) groups excluding carboxylic acids is 1. The lowest BCUT2D eigenvalue weighted by atomic mass is 10.1. The van der Waals surface area contributed by atoms with Crippen LogP contribution in [0.1, 0.15) is 36.2 Å². The van der Waals surface area contributed by atoms with Crippen molar-refractivity contribution in [3.8, 4) is 0 Å². The number of hydrogen-bond acceptors (Lipinski definition) is 2. The van der Waals surface area contributed by atoms with Crippen LogP contribution in [0, 0.1) is 0 Å². The normalized spacial score (nSPS) is 12.9. The van der Waals surface area contributed by atoms with Crippen molar-refractivity contribution in [2.24, 2.45) is 0 Å². The van der Waals surface area contributed by atoms with E-state index in [1.54, 1.807) is 6.92 Å². The summed E-state index contributed by atoms with van der Waals surface area (Å²) in [6, 6.07) is 3.46. The van der Waals surface area contributed by atoms with Gasteiger partial charge in [0.25, 0.3) is 5.91 Å². The number of nitrogens with one attached hydrogen (secondary N) is 2. The topological polar surface area (TPSA) is 41.1 Å². The Bertz CT molecular complexity index is 458. The summed E-state index contributed by atoms with van der Waals surface area (Å²) in [5.74, 6) is -0.509. The van der Waals surface area contributed by atoms with E-state index in [4.69, 9.17) is 0 Å². The molecule has 1 rings (SSSR count). The Kier molecular flexibility index (Phi) is 4.80. The highest BCUT2D eigenvalue weighted by molar-refractivity contribution is 6.00. The van der Waals surface area contributed by atoms with Crippen LogP contribution in [0.2, 0.25) is 0 Å². The van der Waals surface area contributed by atoms with E-state index >= 15 is 0 Å². The fraction of sp³-hybridized carbons (Fsp3) is 0.462. The molecule has 1 unspecified atom stereocenters. The van der Waals surface area contributed by atoms with E-state index in [1.165, 1.54) is 19.2 Å². The van der Waals surface area contributed by atoms with Crippen LogP contribution in [0.15, 0.2) is 18.2 Å². The number of rotatable bonds is 4. The van der Waals surface area contributed by atoms with E-state index in [0.717, 1.165) is 6.07 Å². The second-order valence-corrected chi connectivity index (χ2v) is 4.26. The summed E-state index contributed by atoms with van der Waals surface area (Å²) < 4.78 is 38.5. The molecule has 0 aromatic heterocycles. The van der Waals surface area contributed by atoms with Crippen molar-refractivity contribution in [3.05, 3.63) is 29.3 Å². The van der Waals surface area contributed by atoms with Crippen molar-refractivity contribution >= 4 is 11.6 Å². The minimum atomic E-state index is -4.50. The first-order chi connectivity index (χ1) is 8.81. The van der Waals surface area contributed by atoms with Gasteiger partial charge >= 0.3 is 6.18 Å². The second kappa shape index (κ2) is 5.95. The van der Waals surface area contributed by atoms with Crippen LogP contribution in [0.5, 0.6) is 0 Å². The molecular weight excluding hydrogens is 257 g/mol.